The van der Waals surface area contributed by atoms with Gasteiger partial charge in [-0.15, -0.1) is 0 Å². The predicted octanol–water partition coefficient (Wildman–Crippen LogP) is 16.6. The number of hydrogen-bond donors (Lipinski definition) is 0. The molecule has 13 nitrogen and oxygen atoms in total. The highest BCUT2D eigenvalue weighted by atomic mass is 16.3. The van der Waals surface area contributed by atoms with Crippen LogP contribution in [0.2, 0.25) is 0 Å². The molecular formula is C72H42N12O. The van der Waals surface area contributed by atoms with Crippen LogP contribution in [0.25, 0.3) is 167 Å². The Hall–Kier alpha value is -12.0. The van der Waals surface area contributed by atoms with Crippen LogP contribution in [0, 0.1) is 0 Å². The Bertz CT molecular complexity index is 5450. The maximum Gasteiger partial charge on any atom is 0.231 e. The Morgan fingerprint density at radius 3 is 1.04 bits per heavy atom. The molecule has 0 fully saturated rings. The van der Waals surface area contributed by atoms with Crippen molar-refractivity contribution in [3.8, 4) is 68.4 Å². The van der Waals surface area contributed by atoms with Gasteiger partial charge in [-0.3, -0.25) is 19.9 Å². The molecule has 0 aliphatic rings. The molecule has 0 radical (unpaired) electrons. The largest absolute Gasteiger partial charge is 0.436 e. The second-order valence-electron chi connectivity index (χ2n) is 21.2. The van der Waals surface area contributed by atoms with Crippen molar-refractivity contribution in [2.45, 2.75) is 0 Å². The Morgan fingerprint density at radius 1 is 0.259 bits per heavy atom. The van der Waals surface area contributed by atoms with Crippen molar-refractivity contribution in [1.29, 1.82) is 0 Å². The monoisotopic (exact) mass is 1090 g/mol. The molecule has 13 heteroatoms. The van der Waals surface area contributed by atoms with Gasteiger partial charge in [-0.2, -0.15) is 0 Å². The number of para-hydroxylation sites is 6. The van der Waals surface area contributed by atoms with Gasteiger partial charge in [-0.1, -0.05) is 146 Å². The molecule has 0 bridgehead atoms. The van der Waals surface area contributed by atoms with Crippen LogP contribution in [0.1, 0.15) is 0 Å². The second kappa shape index (κ2) is 18.3. The molecular weight excluding hydrogens is 1050 g/mol. The lowest BCUT2D eigenvalue weighted by atomic mass is 9.96. The number of fused-ring (bicyclic) bond motifs is 13. The fourth-order valence-corrected chi connectivity index (χ4v) is 13.1. The third-order valence-corrected chi connectivity index (χ3v) is 16.6. The lowest BCUT2D eigenvalue weighted by Crippen LogP contribution is -2.17. The van der Waals surface area contributed by atoms with Crippen molar-refractivity contribution < 1.29 is 4.42 Å². The third kappa shape index (κ3) is 6.86. The van der Waals surface area contributed by atoms with Gasteiger partial charge in [-0.25, -0.2) is 19.9 Å². The highest BCUT2D eigenvalue weighted by molar-refractivity contribution is 6.18. The lowest BCUT2D eigenvalue weighted by molar-refractivity contribution is 0.619. The first-order valence-corrected chi connectivity index (χ1v) is 28.0. The minimum absolute atomic E-state index is 0.355. The molecule has 18 aromatic rings. The zero-order valence-electron chi connectivity index (χ0n) is 45.0. The number of benzene rings is 8. The van der Waals surface area contributed by atoms with Crippen LogP contribution >= 0.6 is 0 Å². The molecule has 18 rings (SSSR count). The van der Waals surface area contributed by atoms with Gasteiger partial charge in [-0.05, 0) is 60.7 Å². The van der Waals surface area contributed by atoms with E-state index >= 15 is 0 Å². The molecule has 0 saturated heterocycles. The molecule has 0 amide bonds. The molecule has 0 saturated carbocycles. The Kier molecular flexibility index (Phi) is 10.1. The molecule has 0 atom stereocenters. The Labute approximate surface area is 482 Å². The number of aromatic nitrogens is 12. The molecule has 0 unspecified atom stereocenters. The van der Waals surface area contributed by atoms with Crippen LogP contribution < -0.4 is 0 Å². The van der Waals surface area contributed by atoms with E-state index in [0.717, 1.165) is 115 Å². The van der Waals surface area contributed by atoms with Gasteiger partial charge >= 0.3 is 0 Å². The van der Waals surface area contributed by atoms with Crippen molar-refractivity contribution in [3.05, 3.63) is 256 Å². The maximum absolute atomic E-state index is 7.41. The van der Waals surface area contributed by atoms with Gasteiger partial charge in [0.15, 0.2) is 23.1 Å². The van der Waals surface area contributed by atoms with Crippen LogP contribution in [-0.4, -0.2) is 58.1 Å². The summed E-state index contributed by atoms with van der Waals surface area (Å²) in [5.74, 6) is 1.71. The quantitative estimate of drug-likeness (QED) is 0.146. The SMILES string of the molecule is c1ccc(-c2nc(-c3ccccc3)nc(-c3c(-n4c5ccccc5c5ccncc54)c(-c4nc5ccccc5o4)c(-n4c5ccccc5c5ccncc54)c(-n4c5ccccc5c5ccncc54)c3-n3c4ccccc4c4ccncc43)n2)cc1. The summed E-state index contributed by atoms with van der Waals surface area (Å²) >= 11 is 0. The van der Waals surface area contributed by atoms with Crippen LogP contribution in [0.4, 0.5) is 0 Å². The van der Waals surface area contributed by atoms with Crippen molar-refractivity contribution in [2.75, 3.05) is 0 Å². The van der Waals surface area contributed by atoms with Crippen molar-refractivity contribution >= 4 is 98.3 Å². The summed E-state index contributed by atoms with van der Waals surface area (Å²) in [5, 5.41) is 8.13. The number of pyridine rings is 4. The van der Waals surface area contributed by atoms with Crippen LogP contribution in [0.5, 0.6) is 0 Å². The summed E-state index contributed by atoms with van der Waals surface area (Å²) in [4.78, 5) is 42.4. The fourth-order valence-electron chi connectivity index (χ4n) is 13.1. The van der Waals surface area contributed by atoms with Crippen molar-refractivity contribution in [1.82, 2.24) is 58.1 Å². The summed E-state index contributed by atoms with van der Waals surface area (Å²) in [6, 6.07) is 70.9. The minimum Gasteiger partial charge on any atom is -0.436 e. The Morgan fingerprint density at radius 2 is 0.600 bits per heavy atom. The molecule has 0 N–H and O–H groups in total. The van der Waals surface area contributed by atoms with E-state index in [0.29, 0.717) is 51.3 Å². The minimum atomic E-state index is 0.355. The number of rotatable bonds is 8. The standard InChI is InChI=1S/C72H42N12O/c1-3-17-43(18-4-1)69-78-70(44-19-5-2-6-20-44)80-71(79-69)63-65(81-54-26-12-7-21-45(54)49-31-35-73-39-58(49)81)64(72-77-53-25-11-16-30-62(53)85-72)67(83-56-28-14-9-23-47(56)51-33-37-75-41-60(51)83)68(84-57-29-15-10-24-48(57)52-34-38-76-42-61(52)84)66(63)82-55-27-13-8-22-46(55)50-32-36-74-40-59(50)82/h1-42H. The van der Waals surface area contributed by atoms with Gasteiger partial charge in [0.2, 0.25) is 5.89 Å². The van der Waals surface area contributed by atoms with E-state index < -0.39 is 0 Å². The van der Waals surface area contributed by atoms with Gasteiger partial charge < -0.3 is 22.7 Å². The average molecular weight is 1090 g/mol. The smallest absolute Gasteiger partial charge is 0.231 e. The molecule has 10 aromatic heterocycles. The van der Waals surface area contributed by atoms with E-state index in [1.54, 1.807) is 0 Å². The highest BCUT2D eigenvalue weighted by Crippen LogP contribution is 2.54. The van der Waals surface area contributed by atoms with Gasteiger partial charge in [0, 0.05) is 79.0 Å². The fraction of sp³-hybridized carbons (Fsp3) is 0. The summed E-state index contributed by atoms with van der Waals surface area (Å²) in [7, 11) is 0. The van der Waals surface area contributed by atoms with Crippen LogP contribution in [0.15, 0.2) is 260 Å². The van der Waals surface area contributed by atoms with Gasteiger partial charge in [0.05, 0.1) is 103 Å². The molecule has 85 heavy (non-hydrogen) atoms. The van der Waals surface area contributed by atoms with E-state index in [2.05, 4.69) is 140 Å². The van der Waals surface area contributed by atoms with E-state index in [-0.39, 0.29) is 0 Å². The van der Waals surface area contributed by atoms with E-state index in [1.807, 2.05) is 135 Å². The molecule has 8 aromatic carbocycles. The van der Waals surface area contributed by atoms with E-state index in [4.69, 9.17) is 44.3 Å². The lowest BCUT2D eigenvalue weighted by Gasteiger charge is -2.29. The number of nitrogens with zero attached hydrogens (tertiary/aromatic N) is 12. The molecule has 396 valence electrons. The first kappa shape index (κ1) is 46.8. The van der Waals surface area contributed by atoms with Gasteiger partial charge in [0.1, 0.15) is 5.52 Å². The van der Waals surface area contributed by atoms with Crippen LogP contribution in [-0.2, 0) is 0 Å². The summed E-state index contributed by atoms with van der Waals surface area (Å²) in [6.45, 7) is 0. The normalized spacial score (nSPS) is 12.0. The molecule has 0 aliphatic carbocycles. The van der Waals surface area contributed by atoms with Crippen molar-refractivity contribution in [2.24, 2.45) is 0 Å². The zero-order chi connectivity index (χ0) is 55.7. The third-order valence-electron chi connectivity index (χ3n) is 16.6. The van der Waals surface area contributed by atoms with E-state index in [1.165, 1.54) is 0 Å². The molecule has 0 aliphatic heterocycles. The molecule has 10 heterocycles. The number of oxazole rings is 1. The van der Waals surface area contributed by atoms with Crippen LogP contribution in [0.3, 0.4) is 0 Å². The summed E-state index contributed by atoms with van der Waals surface area (Å²) in [6.07, 6.45) is 15.3. The first-order chi connectivity index (χ1) is 42.2. The Balaban J connectivity index is 1.22. The summed E-state index contributed by atoms with van der Waals surface area (Å²) in [5.41, 5.74) is 14.2. The topological polar surface area (TPSA) is 136 Å². The predicted molar refractivity (Wildman–Crippen MR) is 338 cm³/mol. The first-order valence-electron chi connectivity index (χ1n) is 28.0. The van der Waals surface area contributed by atoms with E-state index in [9.17, 15) is 0 Å². The second-order valence-corrected chi connectivity index (χ2v) is 21.2. The average Bonchev–Trinajstić information content (AvgIpc) is 1.79. The molecule has 0 spiro atoms. The van der Waals surface area contributed by atoms with Crippen molar-refractivity contribution in [3.63, 3.8) is 0 Å². The zero-order valence-corrected chi connectivity index (χ0v) is 45.0. The van der Waals surface area contributed by atoms with Gasteiger partial charge in [0.25, 0.3) is 0 Å². The highest BCUT2D eigenvalue weighted by Gasteiger charge is 2.38. The summed E-state index contributed by atoms with van der Waals surface area (Å²) < 4.78 is 16.8. The maximum atomic E-state index is 7.41. The number of hydrogen-bond acceptors (Lipinski definition) is 9.